The minimum Gasteiger partial charge on any atom is -0.504 e. The SMILES string of the molecule is Cc1cc(-c2ccc(-c3ccccc3-c3cc(Cl)cc(-c4ccccc4-c4ccc(-c5cc(C)c(-c6c(O)c(O)c(O)c(O)c6CO)cn5)cc4)c3)cc2)ncc1-c1c(O)c(O)c(O)c(O)c1O. The standard InChI is InChI=1S/C55H41ClN2O10/c1-27-19-43(57-24-40(27)45-42(26-59)47(60)51(64)52(65)48(45)61)31-15-11-29(12-16-31)36-7-3-5-9-38(36)33-21-34(23-35(56)22-33)39-10-6-4-8-37(39)30-13-17-32(18-14-30)44-20-28(2)41(25-58-44)46-49(62)53(66)55(68)54(67)50(46)63/h3-25,59-68H,26H2,1-2H3. The first-order valence-corrected chi connectivity index (χ1v) is 21.5. The number of halogens is 1. The van der Waals surface area contributed by atoms with E-state index in [-0.39, 0.29) is 22.3 Å². The quantitative estimate of drug-likeness (QED) is 0.0482. The summed E-state index contributed by atoms with van der Waals surface area (Å²) in [4.78, 5) is 9.15. The number of hydrogen-bond donors (Lipinski definition) is 10. The van der Waals surface area contributed by atoms with E-state index in [0.29, 0.717) is 33.1 Å². The molecule has 0 aliphatic heterocycles. The van der Waals surface area contributed by atoms with Gasteiger partial charge in [0.25, 0.3) is 0 Å². The summed E-state index contributed by atoms with van der Waals surface area (Å²) < 4.78 is 0. The van der Waals surface area contributed by atoms with Crippen LogP contribution in [0.2, 0.25) is 5.02 Å². The maximum atomic E-state index is 10.7. The minimum absolute atomic E-state index is 0.0351. The highest BCUT2D eigenvalue weighted by atomic mass is 35.5. The summed E-state index contributed by atoms with van der Waals surface area (Å²) in [5.74, 6) is -7.79. The van der Waals surface area contributed by atoms with Crippen LogP contribution in [-0.4, -0.2) is 61.0 Å². The molecular formula is C55H41ClN2O10. The monoisotopic (exact) mass is 924 g/mol. The Labute approximate surface area is 394 Å². The molecule has 68 heavy (non-hydrogen) atoms. The summed E-state index contributed by atoms with van der Waals surface area (Å²) in [5.41, 5.74) is 11.7. The second kappa shape index (κ2) is 17.6. The molecule has 0 amide bonds. The third-order valence-electron chi connectivity index (χ3n) is 12.1. The van der Waals surface area contributed by atoms with Gasteiger partial charge in [0, 0.05) is 50.8 Å². The molecule has 0 saturated carbocycles. The number of aryl methyl sites for hydroxylation is 2. The first-order chi connectivity index (χ1) is 32.7. The molecule has 0 atom stereocenters. The number of aliphatic hydroxyl groups excluding tert-OH is 1. The summed E-state index contributed by atoms with van der Waals surface area (Å²) in [6.07, 6.45) is 2.89. The molecule has 2 heterocycles. The van der Waals surface area contributed by atoms with Crippen LogP contribution in [0.3, 0.4) is 0 Å². The van der Waals surface area contributed by atoms with E-state index in [2.05, 4.69) is 16.0 Å². The van der Waals surface area contributed by atoms with Crippen molar-refractivity contribution in [1.82, 2.24) is 9.97 Å². The summed E-state index contributed by atoms with van der Waals surface area (Å²) in [5, 5.41) is 103. The van der Waals surface area contributed by atoms with Crippen molar-refractivity contribution in [1.29, 1.82) is 0 Å². The highest BCUT2D eigenvalue weighted by molar-refractivity contribution is 6.31. The van der Waals surface area contributed by atoms with Gasteiger partial charge in [0.05, 0.1) is 23.6 Å². The van der Waals surface area contributed by atoms with E-state index in [9.17, 15) is 51.1 Å². The fourth-order valence-corrected chi connectivity index (χ4v) is 8.83. The fourth-order valence-electron chi connectivity index (χ4n) is 8.60. The molecule has 13 heteroatoms. The van der Waals surface area contributed by atoms with Crippen molar-refractivity contribution in [2.24, 2.45) is 0 Å². The van der Waals surface area contributed by atoms with Crippen LogP contribution in [-0.2, 0) is 6.61 Å². The number of benzene rings is 7. The first kappa shape index (κ1) is 44.5. The molecule has 12 nitrogen and oxygen atoms in total. The van der Waals surface area contributed by atoms with E-state index in [1.54, 1.807) is 26.0 Å². The Morgan fingerprint density at radius 1 is 0.368 bits per heavy atom. The number of phenolic OH excluding ortho intramolecular Hbond substituents is 8. The Kier molecular flexibility index (Phi) is 11.5. The Morgan fingerprint density at radius 2 is 0.706 bits per heavy atom. The van der Waals surface area contributed by atoms with Crippen molar-refractivity contribution in [3.63, 3.8) is 0 Å². The van der Waals surface area contributed by atoms with E-state index < -0.39 is 58.4 Å². The van der Waals surface area contributed by atoms with Gasteiger partial charge >= 0.3 is 0 Å². The van der Waals surface area contributed by atoms with Crippen LogP contribution >= 0.6 is 11.6 Å². The van der Waals surface area contributed by atoms with Crippen molar-refractivity contribution in [2.75, 3.05) is 0 Å². The van der Waals surface area contributed by atoms with Gasteiger partial charge in [0.2, 0.25) is 28.7 Å². The lowest BCUT2D eigenvalue weighted by molar-refractivity contribution is 0.270. The number of aromatic nitrogens is 2. The zero-order valence-electron chi connectivity index (χ0n) is 36.2. The number of aromatic hydroxyl groups is 9. The summed E-state index contributed by atoms with van der Waals surface area (Å²) in [6, 6.07) is 41.4. The molecule has 2 aromatic heterocycles. The van der Waals surface area contributed by atoms with E-state index in [1.807, 2.05) is 109 Å². The molecule has 0 fully saturated rings. The van der Waals surface area contributed by atoms with Crippen LogP contribution in [0.1, 0.15) is 16.7 Å². The normalized spacial score (nSPS) is 11.2. The van der Waals surface area contributed by atoms with E-state index in [1.165, 1.54) is 12.4 Å². The van der Waals surface area contributed by atoms with Crippen LogP contribution in [0.5, 0.6) is 51.7 Å². The molecule has 9 rings (SSSR count). The van der Waals surface area contributed by atoms with Gasteiger partial charge in [-0.25, -0.2) is 0 Å². The molecule has 0 aliphatic carbocycles. The van der Waals surface area contributed by atoms with Gasteiger partial charge in [0.1, 0.15) is 0 Å². The van der Waals surface area contributed by atoms with Crippen molar-refractivity contribution in [3.8, 4) is 141 Å². The van der Waals surface area contributed by atoms with E-state index in [4.69, 9.17) is 11.6 Å². The lowest BCUT2D eigenvalue weighted by Gasteiger charge is -2.17. The zero-order chi connectivity index (χ0) is 48.1. The Hall–Kier alpha value is -8.71. The molecule has 0 spiro atoms. The highest BCUT2D eigenvalue weighted by Crippen LogP contribution is 2.55. The summed E-state index contributed by atoms with van der Waals surface area (Å²) in [6.45, 7) is 2.79. The van der Waals surface area contributed by atoms with Gasteiger partial charge in [0.15, 0.2) is 23.0 Å². The second-order valence-corrected chi connectivity index (χ2v) is 16.7. The Bertz CT molecular complexity index is 3440. The number of rotatable bonds is 9. The predicted octanol–water partition coefficient (Wildman–Crippen LogP) is 11.9. The molecule has 10 N–H and O–H groups in total. The number of hydrogen-bond acceptors (Lipinski definition) is 12. The number of aliphatic hydroxyl groups is 1. The molecule has 0 radical (unpaired) electrons. The molecule has 9 aromatic rings. The minimum atomic E-state index is -1.03. The predicted molar refractivity (Wildman–Crippen MR) is 261 cm³/mol. The molecule has 338 valence electrons. The largest absolute Gasteiger partial charge is 0.504 e. The molecule has 0 unspecified atom stereocenters. The third-order valence-corrected chi connectivity index (χ3v) is 12.4. The van der Waals surface area contributed by atoms with Crippen LogP contribution in [0, 0.1) is 13.8 Å². The van der Waals surface area contributed by atoms with Crippen LogP contribution in [0.15, 0.2) is 140 Å². The van der Waals surface area contributed by atoms with Gasteiger partial charge in [-0.3, -0.25) is 9.97 Å². The second-order valence-electron chi connectivity index (χ2n) is 16.3. The van der Waals surface area contributed by atoms with Crippen LogP contribution in [0.25, 0.3) is 89.3 Å². The number of pyridine rings is 2. The maximum Gasteiger partial charge on any atom is 0.208 e. The summed E-state index contributed by atoms with van der Waals surface area (Å²) >= 11 is 6.90. The van der Waals surface area contributed by atoms with Gasteiger partial charge < -0.3 is 51.1 Å². The van der Waals surface area contributed by atoms with E-state index >= 15 is 0 Å². The van der Waals surface area contributed by atoms with Gasteiger partial charge in [-0.2, -0.15) is 0 Å². The van der Waals surface area contributed by atoms with Crippen LogP contribution in [0.4, 0.5) is 0 Å². The van der Waals surface area contributed by atoms with Crippen molar-refractivity contribution in [2.45, 2.75) is 20.5 Å². The summed E-state index contributed by atoms with van der Waals surface area (Å²) in [7, 11) is 0. The molecule has 0 saturated heterocycles. The zero-order valence-corrected chi connectivity index (χ0v) is 37.0. The number of phenols is 9. The van der Waals surface area contributed by atoms with Crippen molar-refractivity contribution >= 4 is 11.6 Å². The lowest BCUT2D eigenvalue weighted by Crippen LogP contribution is -1.96. The van der Waals surface area contributed by atoms with Crippen molar-refractivity contribution in [3.05, 3.63) is 162 Å². The maximum absolute atomic E-state index is 10.7. The number of nitrogens with zero attached hydrogens (tertiary/aromatic N) is 2. The van der Waals surface area contributed by atoms with Gasteiger partial charge in [-0.15, -0.1) is 0 Å². The molecule has 0 bridgehead atoms. The molecular weight excluding hydrogens is 884 g/mol. The lowest BCUT2D eigenvalue weighted by atomic mass is 9.89. The van der Waals surface area contributed by atoms with Crippen LogP contribution < -0.4 is 0 Å². The smallest absolute Gasteiger partial charge is 0.208 e. The first-order valence-electron chi connectivity index (χ1n) is 21.1. The molecule has 7 aromatic carbocycles. The third kappa shape index (κ3) is 7.73. The fraction of sp³-hybridized carbons (Fsp3) is 0.0545. The van der Waals surface area contributed by atoms with Gasteiger partial charge in [-0.05, 0) is 99.8 Å². The van der Waals surface area contributed by atoms with Gasteiger partial charge in [-0.1, -0.05) is 109 Å². The highest BCUT2D eigenvalue weighted by Gasteiger charge is 2.27. The average Bonchev–Trinajstić information content (AvgIpc) is 3.36. The van der Waals surface area contributed by atoms with Crippen molar-refractivity contribution < 1.29 is 51.1 Å². The Morgan fingerprint density at radius 3 is 1.10 bits per heavy atom. The van der Waals surface area contributed by atoms with E-state index in [0.717, 1.165) is 55.6 Å². The average molecular weight is 925 g/mol. The molecule has 0 aliphatic rings. The topological polar surface area (TPSA) is 228 Å². The Balaban J connectivity index is 0.995.